The average Bonchev–Trinajstić information content (AvgIpc) is 2.84. The van der Waals surface area contributed by atoms with Crippen molar-refractivity contribution in [1.29, 1.82) is 5.26 Å². The lowest BCUT2D eigenvalue weighted by Gasteiger charge is -2.17. The minimum Gasteiger partial charge on any atom is -0.496 e. The molecule has 0 bridgehead atoms. The van der Waals surface area contributed by atoms with Crippen molar-refractivity contribution >= 4 is 36.1 Å². The maximum Gasteiger partial charge on any atom is 0.331 e. The van der Waals surface area contributed by atoms with E-state index in [0.717, 1.165) is 5.56 Å². The van der Waals surface area contributed by atoms with E-state index in [2.05, 4.69) is 29.5 Å². The highest BCUT2D eigenvalue weighted by Crippen LogP contribution is 2.22. The number of nitriles is 1. The topological polar surface area (TPSA) is 94.5 Å². The van der Waals surface area contributed by atoms with Crippen molar-refractivity contribution in [3.05, 3.63) is 89.5 Å². The van der Waals surface area contributed by atoms with Crippen LogP contribution in [-0.4, -0.2) is 25.6 Å². The maximum absolute atomic E-state index is 12.5. The second-order valence-electron chi connectivity index (χ2n) is 6.80. The molecule has 8 heteroatoms. The second-order valence-corrected chi connectivity index (χ2v) is 7.20. The van der Waals surface area contributed by atoms with E-state index < -0.39 is 0 Å². The van der Waals surface area contributed by atoms with Crippen LogP contribution in [0.4, 0.5) is 16.2 Å². The van der Waals surface area contributed by atoms with Crippen LogP contribution >= 0.6 is 12.8 Å². The highest BCUT2D eigenvalue weighted by atomic mass is 32.1. The van der Waals surface area contributed by atoms with Gasteiger partial charge in [-0.15, -0.1) is 0 Å². The SMILES string of the molecule is COc1ccccc1C(=O)Nc1ccc(N(S)C(=O)NCCc2ccc(C#N)cc2)cc1. The first-order valence-electron chi connectivity index (χ1n) is 9.82. The van der Waals surface area contributed by atoms with Crippen LogP contribution in [0.25, 0.3) is 0 Å². The minimum atomic E-state index is -0.368. The molecule has 2 N–H and O–H groups in total. The van der Waals surface area contributed by atoms with Crippen molar-refractivity contribution in [2.45, 2.75) is 6.42 Å². The molecule has 0 aliphatic heterocycles. The quantitative estimate of drug-likeness (QED) is 0.468. The molecule has 0 saturated carbocycles. The molecule has 0 aliphatic rings. The van der Waals surface area contributed by atoms with Gasteiger partial charge in [-0.1, -0.05) is 37.1 Å². The highest BCUT2D eigenvalue weighted by molar-refractivity contribution is 7.82. The molecule has 3 amide bonds. The normalized spacial score (nSPS) is 10.0. The molecule has 0 unspecified atom stereocenters. The number of benzene rings is 3. The largest absolute Gasteiger partial charge is 0.496 e. The van der Waals surface area contributed by atoms with Crippen molar-refractivity contribution in [2.24, 2.45) is 0 Å². The summed E-state index contributed by atoms with van der Waals surface area (Å²) in [6.45, 7) is 0.425. The molecular formula is C24H22N4O3S. The van der Waals surface area contributed by atoms with Crippen LogP contribution in [0.15, 0.2) is 72.8 Å². The number of nitrogens with one attached hydrogen (secondary N) is 2. The number of urea groups is 1. The molecule has 162 valence electrons. The fourth-order valence-electron chi connectivity index (χ4n) is 2.97. The molecular weight excluding hydrogens is 424 g/mol. The van der Waals surface area contributed by atoms with Gasteiger partial charge in [0.2, 0.25) is 0 Å². The molecule has 7 nitrogen and oxygen atoms in total. The van der Waals surface area contributed by atoms with Gasteiger partial charge < -0.3 is 15.4 Å². The van der Waals surface area contributed by atoms with Gasteiger partial charge in [0.15, 0.2) is 0 Å². The minimum absolute atomic E-state index is 0.293. The smallest absolute Gasteiger partial charge is 0.331 e. The Labute approximate surface area is 192 Å². The number of carbonyl (C=O) groups excluding carboxylic acids is 2. The van der Waals surface area contributed by atoms with Crippen molar-refractivity contribution in [1.82, 2.24) is 5.32 Å². The van der Waals surface area contributed by atoms with Crippen molar-refractivity contribution < 1.29 is 14.3 Å². The third-order valence-electron chi connectivity index (χ3n) is 4.69. The van der Waals surface area contributed by atoms with Crippen LogP contribution in [0, 0.1) is 11.3 Å². The van der Waals surface area contributed by atoms with E-state index in [1.165, 1.54) is 11.4 Å². The molecule has 0 aliphatic carbocycles. The van der Waals surface area contributed by atoms with Gasteiger partial charge in [-0.2, -0.15) is 5.26 Å². The molecule has 32 heavy (non-hydrogen) atoms. The molecule has 0 radical (unpaired) electrons. The zero-order chi connectivity index (χ0) is 22.9. The van der Waals surface area contributed by atoms with E-state index in [4.69, 9.17) is 10.00 Å². The van der Waals surface area contributed by atoms with Crippen molar-refractivity contribution in [3.63, 3.8) is 0 Å². The fraction of sp³-hybridized carbons (Fsp3) is 0.125. The number of anilines is 2. The summed E-state index contributed by atoms with van der Waals surface area (Å²) in [7, 11) is 1.51. The van der Waals surface area contributed by atoms with Crippen LogP contribution in [0.5, 0.6) is 5.75 Å². The van der Waals surface area contributed by atoms with E-state index >= 15 is 0 Å². The summed E-state index contributed by atoms with van der Waals surface area (Å²) in [5.74, 6) is 0.194. The van der Waals surface area contributed by atoms with Gasteiger partial charge >= 0.3 is 6.03 Å². The molecule has 3 aromatic carbocycles. The van der Waals surface area contributed by atoms with Crippen molar-refractivity contribution in [3.8, 4) is 11.8 Å². The van der Waals surface area contributed by atoms with E-state index in [-0.39, 0.29) is 11.9 Å². The van der Waals surface area contributed by atoms with Gasteiger partial charge in [0, 0.05) is 12.2 Å². The summed E-state index contributed by atoms with van der Waals surface area (Å²) < 4.78 is 6.42. The lowest BCUT2D eigenvalue weighted by molar-refractivity contribution is 0.102. The zero-order valence-corrected chi connectivity index (χ0v) is 18.3. The standard InChI is InChI=1S/C24H22N4O3S/c1-31-22-5-3-2-4-21(22)23(29)27-19-10-12-20(13-11-19)28(32)24(30)26-15-14-17-6-8-18(16-25)9-7-17/h2-13,32H,14-15H2,1H3,(H,26,30)(H,27,29). The number of methoxy groups -OCH3 is 1. The van der Waals surface area contributed by atoms with Gasteiger partial charge in [-0.05, 0) is 60.5 Å². The Morgan fingerprint density at radius 3 is 2.38 bits per heavy atom. The first-order chi connectivity index (χ1) is 15.5. The Kier molecular flexibility index (Phi) is 7.73. The van der Waals surface area contributed by atoms with Gasteiger partial charge in [0.05, 0.1) is 30.0 Å². The Morgan fingerprint density at radius 1 is 1.03 bits per heavy atom. The number of rotatable bonds is 7. The second kappa shape index (κ2) is 10.9. The first-order valence-corrected chi connectivity index (χ1v) is 10.2. The van der Waals surface area contributed by atoms with Gasteiger partial charge in [-0.3, -0.25) is 4.79 Å². The Hall–Kier alpha value is -3.96. The monoisotopic (exact) mass is 446 g/mol. The molecule has 3 rings (SSSR count). The fourth-order valence-corrected chi connectivity index (χ4v) is 3.17. The predicted octanol–water partition coefficient (Wildman–Crippen LogP) is 4.42. The molecule has 0 saturated heterocycles. The van der Waals surface area contributed by atoms with E-state index in [1.54, 1.807) is 60.7 Å². The summed E-state index contributed by atoms with van der Waals surface area (Å²) >= 11 is 4.27. The lowest BCUT2D eigenvalue weighted by atomic mass is 10.1. The summed E-state index contributed by atoms with van der Waals surface area (Å²) in [5.41, 5.74) is 3.18. The Bertz CT molecular complexity index is 1130. The number of amides is 3. The number of hydrogen-bond acceptors (Lipinski definition) is 5. The van der Waals surface area contributed by atoms with Crippen LogP contribution in [0.2, 0.25) is 0 Å². The summed E-state index contributed by atoms with van der Waals surface area (Å²) in [5, 5.41) is 14.4. The molecule has 0 atom stereocenters. The number of para-hydroxylation sites is 1. The van der Waals surface area contributed by atoms with Gasteiger partial charge in [0.25, 0.3) is 5.91 Å². The van der Waals surface area contributed by atoms with Crippen LogP contribution in [0.1, 0.15) is 21.5 Å². The molecule has 0 aromatic heterocycles. The third kappa shape index (κ3) is 5.80. The predicted molar refractivity (Wildman–Crippen MR) is 127 cm³/mol. The molecule has 0 spiro atoms. The number of ether oxygens (including phenoxy) is 1. The maximum atomic E-state index is 12.5. The molecule has 0 heterocycles. The Balaban J connectivity index is 1.53. The van der Waals surface area contributed by atoms with E-state index in [0.29, 0.717) is 41.2 Å². The van der Waals surface area contributed by atoms with Crippen LogP contribution < -0.4 is 19.7 Å². The highest BCUT2D eigenvalue weighted by Gasteiger charge is 2.14. The lowest BCUT2D eigenvalue weighted by Crippen LogP contribution is -2.35. The van der Waals surface area contributed by atoms with Crippen molar-refractivity contribution in [2.75, 3.05) is 23.3 Å². The van der Waals surface area contributed by atoms with E-state index in [9.17, 15) is 9.59 Å². The van der Waals surface area contributed by atoms with Gasteiger partial charge in [-0.25, -0.2) is 9.10 Å². The Morgan fingerprint density at radius 2 is 1.72 bits per heavy atom. The summed E-state index contributed by atoms with van der Waals surface area (Å²) in [4.78, 5) is 24.9. The van der Waals surface area contributed by atoms with Crippen LogP contribution in [0.3, 0.4) is 0 Å². The van der Waals surface area contributed by atoms with Gasteiger partial charge in [0.1, 0.15) is 5.75 Å². The molecule has 0 fully saturated rings. The third-order valence-corrected chi connectivity index (χ3v) is 5.10. The van der Waals surface area contributed by atoms with Crippen LogP contribution in [-0.2, 0) is 6.42 Å². The number of hydrogen-bond donors (Lipinski definition) is 3. The summed E-state index contributed by atoms with van der Waals surface area (Å²) in [6, 6.07) is 22.6. The number of nitrogens with zero attached hydrogens (tertiary/aromatic N) is 2. The number of carbonyl (C=O) groups is 2. The average molecular weight is 447 g/mol. The zero-order valence-electron chi connectivity index (χ0n) is 17.4. The molecule has 3 aromatic rings. The van der Waals surface area contributed by atoms with E-state index in [1.807, 2.05) is 12.1 Å². The summed E-state index contributed by atoms with van der Waals surface area (Å²) in [6.07, 6.45) is 0.632. The first kappa shape index (κ1) is 22.7. The number of thiol groups is 1.